The van der Waals surface area contributed by atoms with Crippen molar-refractivity contribution in [1.29, 1.82) is 0 Å². The Balaban J connectivity index is 2.44. The minimum Gasteiger partial charge on any atom is -0.394 e. The van der Waals surface area contributed by atoms with Gasteiger partial charge in [0.2, 0.25) is 5.91 Å². The maximum atomic E-state index is 11.9. The highest BCUT2D eigenvalue weighted by Gasteiger charge is 2.28. The van der Waals surface area contributed by atoms with Gasteiger partial charge >= 0.3 is 0 Å². The first kappa shape index (κ1) is 13.4. The summed E-state index contributed by atoms with van der Waals surface area (Å²) < 4.78 is 5.47. The fourth-order valence-corrected chi connectivity index (χ4v) is 1.53. The quantitative estimate of drug-likeness (QED) is 0.689. The fourth-order valence-electron chi connectivity index (χ4n) is 1.53. The van der Waals surface area contributed by atoms with Gasteiger partial charge in [-0.1, -0.05) is 0 Å². The van der Waals surface area contributed by atoms with E-state index in [0.29, 0.717) is 13.0 Å². The monoisotopic (exact) mass is 230 g/mol. The molecule has 1 amide bonds. The van der Waals surface area contributed by atoms with Crippen LogP contribution in [-0.2, 0) is 9.53 Å². The summed E-state index contributed by atoms with van der Waals surface area (Å²) in [5.41, 5.74) is -0.515. The van der Waals surface area contributed by atoms with Crippen LogP contribution in [-0.4, -0.2) is 60.9 Å². The molecule has 0 saturated carbocycles. The van der Waals surface area contributed by atoms with Crippen LogP contribution < -0.4 is 5.32 Å². The summed E-state index contributed by atoms with van der Waals surface area (Å²) in [4.78, 5) is 13.5. The van der Waals surface area contributed by atoms with Crippen molar-refractivity contribution in [1.82, 2.24) is 10.2 Å². The molecule has 16 heavy (non-hydrogen) atoms. The third-order valence-corrected chi connectivity index (χ3v) is 3.08. The van der Waals surface area contributed by atoms with Gasteiger partial charge in [0, 0.05) is 20.1 Å². The number of hydrogen-bond acceptors (Lipinski definition) is 4. The number of carbonyl (C=O) groups is 1. The number of nitrogens with one attached hydrogen (secondary N) is 1. The second-order valence-electron chi connectivity index (χ2n) is 4.82. The van der Waals surface area contributed by atoms with Crippen LogP contribution in [0.15, 0.2) is 0 Å². The molecular weight excluding hydrogens is 208 g/mol. The molecule has 2 N–H and O–H groups in total. The largest absolute Gasteiger partial charge is 0.394 e. The molecule has 1 rings (SSSR count). The van der Waals surface area contributed by atoms with Gasteiger partial charge in [-0.15, -0.1) is 0 Å². The zero-order chi connectivity index (χ0) is 12.2. The smallest absolute Gasteiger partial charge is 0.225 e. The summed E-state index contributed by atoms with van der Waals surface area (Å²) in [5, 5.41) is 12.4. The lowest BCUT2D eigenvalue weighted by Gasteiger charge is -2.35. The van der Waals surface area contributed by atoms with Gasteiger partial charge in [-0.05, 0) is 13.8 Å². The summed E-state index contributed by atoms with van der Waals surface area (Å²) in [5.74, 6) is 0.00718. The van der Waals surface area contributed by atoms with E-state index in [1.165, 1.54) is 0 Å². The Morgan fingerprint density at radius 2 is 2.31 bits per heavy atom. The third-order valence-electron chi connectivity index (χ3n) is 3.08. The van der Waals surface area contributed by atoms with Crippen LogP contribution in [0.1, 0.15) is 20.3 Å². The van der Waals surface area contributed by atoms with Gasteiger partial charge in [0.1, 0.15) is 0 Å². The van der Waals surface area contributed by atoms with Gasteiger partial charge < -0.3 is 20.1 Å². The standard InChI is InChI=1S/C11H22N2O3/c1-11(2,8-14)13(3)10(15)6-9-7-12-4-5-16-9/h9,12,14H,4-8H2,1-3H3. The van der Waals surface area contributed by atoms with Crippen LogP contribution in [0.25, 0.3) is 0 Å². The molecule has 0 radical (unpaired) electrons. The van der Waals surface area contributed by atoms with E-state index >= 15 is 0 Å². The topological polar surface area (TPSA) is 61.8 Å². The highest BCUT2D eigenvalue weighted by molar-refractivity contribution is 5.77. The number of morpholine rings is 1. The molecule has 5 heteroatoms. The first-order valence-electron chi connectivity index (χ1n) is 5.67. The van der Waals surface area contributed by atoms with E-state index in [1.54, 1.807) is 11.9 Å². The normalized spacial score (nSPS) is 21.9. The number of likely N-dealkylation sites (N-methyl/N-ethyl adjacent to an activating group) is 1. The van der Waals surface area contributed by atoms with E-state index in [0.717, 1.165) is 13.1 Å². The third kappa shape index (κ3) is 3.43. The van der Waals surface area contributed by atoms with Crippen molar-refractivity contribution in [2.45, 2.75) is 31.9 Å². The highest BCUT2D eigenvalue weighted by atomic mass is 16.5. The van der Waals surface area contributed by atoms with Gasteiger partial charge in [0.05, 0.1) is 31.3 Å². The number of aliphatic hydroxyl groups excluding tert-OH is 1. The first-order valence-corrected chi connectivity index (χ1v) is 5.67. The molecule has 0 aromatic carbocycles. The van der Waals surface area contributed by atoms with Gasteiger partial charge in [0.15, 0.2) is 0 Å². The van der Waals surface area contributed by atoms with E-state index in [2.05, 4.69) is 5.32 Å². The maximum absolute atomic E-state index is 11.9. The molecule has 0 bridgehead atoms. The fraction of sp³-hybridized carbons (Fsp3) is 0.909. The van der Waals surface area contributed by atoms with E-state index in [9.17, 15) is 9.90 Å². The minimum atomic E-state index is -0.515. The van der Waals surface area contributed by atoms with E-state index in [1.807, 2.05) is 13.8 Å². The van der Waals surface area contributed by atoms with Gasteiger partial charge in [0.25, 0.3) is 0 Å². The average molecular weight is 230 g/mol. The molecule has 0 aliphatic carbocycles. The molecule has 1 atom stereocenters. The number of nitrogens with zero attached hydrogens (tertiary/aromatic N) is 1. The number of ether oxygens (including phenoxy) is 1. The van der Waals surface area contributed by atoms with Crippen LogP contribution in [0.4, 0.5) is 0 Å². The Bertz CT molecular complexity index is 237. The van der Waals surface area contributed by atoms with Gasteiger partial charge in [-0.25, -0.2) is 0 Å². The van der Waals surface area contributed by atoms with Gasteiger partial charge in [-0.3, -0.25) is 4.79 Å². The molecule has 1 aliphatic rings. The SMILES string of the molecule is CN(C(=O)CC1CNCCO1)C(C)(C)CO. The Kier molecular flexibility index (Phi) is 4.70. The molecule has 1 aliphatic heterocycles. The van der Waals surface area contributed by atoms with Gasteiger partial charge in [-0.2, -0.15) is 0 Å². The number of amides is 1. The van der Waals surface area contributed by atoms with Crippen molar-refractivity contribution in [2.24, 2.45) is 0 Å². The summed E-state index contributed by atoms with van der Waals surface area (Å²) in [6, 6.07) is 0. The van der Waals surface area contributed by atoms with Crippen molar-refractivity contribution in [3.63, 3.8) is 0 Å². The lowest BCUT2D eigenvalue weighted by molar-refractivity contribution is -0.139. The lowest BCUT2D eigenvalue weighted by Crippen LogP contribution is -2.50. The summed E-state index contributed by atoms with van der Waals surface area (Å²) in [7, 11) is 1.72. The van der Waals surface area contributed by atoms with E-state index in [-0.39, 0.29) is 18.6 Å². The lowest BCUT2D eigenvalue weighted by atomic mass is 10.0. The van der Waals surface area contributed by atoms with Crippen LogP contribution >= 0.6 is 0 Å². The van der Waals surface area contributed by atoms with Crippen molar-refractivity contribution in [2.75, 3.05) is 33.4 Å². The molecule has 0 aromatic rings. The predicted molar refractivity (Wildman–Crippen MR) is 61.2 cm³/mol. The zero-order valence-electron chi connectivity index (χ0n) is 10.3. The van der Waals surface area contributed by atoms with Crippen LogP contribution in [0.2, 0.25) is 0 Å². The Morgan fingerprint density at radius 1 is 1.62 bits per heavy atom. The number of aliphatic hydroxyl groups is 1. The molecule has 0 aromatic heterocycles. The molecule has 1 heterocycles. The molecular formula is C11H22N2O3. The molecule has 1 fully saturated rings. The van der Waals surface area contributed by atoms with E-state index in [4.69, 9.17) is 4.74 Å². The Morgan fingerprint density at radius 3 is 2.81 bits per heavy atom. The van der Waals surface area contributed by atoms with Crippen LogP contribution in [0, 0.1) is 0 Å². The van der Waals surface area contributed by atoms with Crippen molar-refractivity contribution in [3.8, 4) is 0 Å². The number of rotatable bonds is 4. The van der Waals surface area contributed by atoms with Crippen LogP contribution in [0.3, 0.4) is 0 Å². The predicted octanol–water partition coefficient (Wildman–Crippen LogP) is -0.406. The number of hydrogen-bond donors (Lipinski definition) is 2. The number of carbonyl (C=O) groups excluding carboxylic acids is 1. The second kappa shape index (κ2) is 5.61. The summed E-state index contributed by atoms with van der Waals surface area (Å²) in [6.07, 6.45) is 0.325. The highest BCUT2D eigenvalue weighted by Crippen LogP contribution is 2.14. The van der Waals surface area contributed by atoms with E-state index < -0.39 is 5.54 Å². The first-order chi connectivity index (χ1) is 7.47. The molecule has 94 valence electrons. The Hall–Kier alpha value is -0.650. The summed E-state index contributed by atoms with van der Waals surface area (Å²) >= 11 is 0. The van der Waals surface area contributed by atoms with Crippen molar-refractivity contribution in [3.05, 3.63) is 0 Å². The molecule has 5 nitrogen and oxygen atoms in total. The second-order valence-corrected chi connectivity index (χ2v) is 4.82. The zero-order valence-corrected chi connectivity index (χ0v) is 10.3. The molecule has 0 spiro atoms. The van der Waals surface area contributed by atoms with Crippen molar-refractivity contribution >= 4 is 5.91 Å². The summed E-state index contributed by atoms with van der Waals surface area (Å²) in [6.45, 7) is 5.86. The molecule has 1 unspecified atom stereocenters. The minimum absolute atomic E-state index is 0.00718. The maximum Gasteiger partial charge on any atom is 0.225 e. The average Bonchev–Trinajstić information content (AvgIpc) is 2.29. The molecule has 1 saturated heterocycles. The Labute approximate surface area is 96.8 Å². The van der Waals surface area contributed by atoms with Crippen molar-refractivity contribution < 1.29 is 14.6 Å². The van der Waals surface area contributed by atoms with Crippen LogP contribution in [0.5, 0.6) is 0 Å².